The lowest BCUT2D eigenvalue weighted by atomic mass is 9.89. The fraction of sp³-hybridized carbons (Fsp3) is 1.00. The summed E-state index contributed by atoms with van der Waals surface area (Å²) in [4.78, 5) is 1.81. The van der Waals surface area contributed by atoms with E-state index in [-0.39, 0.29) is 6.54 Å². The maximum Gasteiger partial charge on any atom is 0.251 e. The Morgan fingerprint density at radius 2 is 1.87 bits per heavy atom. The zero-order valence-corrected chi connectivity index (χ0v) is 9.86. The topological polar surface area (TPSA) is 3.24 Å². The van der Waals surface area contributed by atoms with Gasteiger partial charge in [0.1, 0.15) is 0 Å². The summed E-state index contributed by atoms with van der Waals surface area (Å²) < 4.78 is 24.6. The summed E-state index contributed by atoms with van der Waals surface area (Å²) >= 11 is 5.61. The Morgan fingerprint density at radius 1 is 1.20 bits per heavy atom. The molecule has 0 saturated heterocycles. The van der Waals surface area contributed by atoms with Gasteiger partial charge in [-0.25, -0.2) is 8.78 Å². The number of rotatable bonds is 6. The first-order valence-corrected chi connectivity index (χ1v) is 6.32. The molecule has 90 valence electrons. The monoisotopic (exact) mass is 239 g/mol. The van der Waals surface area contributed by atoms with Crippen molar-refractivity contribution in [1.29, 1.82) is 0 Å². The lowest BCUT2D eigenvalue weighted by Gasteiger charge is -2.28. The highest BCUT2D eigenvalue weighted by Gasteiger charge is 2.19. The van der Waals surface area contributed by atoms with E-state index in [1.54, 1.807) is 0 Å². The van der Waals surface area contributed by atoms with E-state index in [0.717, 1.165) is 6.54 Å². The van der Waals surface area contributed by atoms with Gasteiger partial charge in [0, 0.05) is 19.0 Å². The fourth-order valence-corrected chi connectivity index (χ4v) is 2.55. The Kier molecular flexibility index (Phi) is 6.50. The van der Waals surface area contributed by atoms with Gasteiger partial charge in [-0.2, -0.15) is 0 Å². The summed E-state index contributed by atoms with van der Waals surface area (Å²) in [6.45, 7) is 1.27. The third kappa shape index (κ3) is 5.67. The summed E-state index contributed by atoms with van der Waals surface area (Å²) in [6, 6.07) is 0. The van der Waals surface area contributed by atoms with Crippen molar-refractivity contribution < 1.29 is 8.78 Å². The van der Waals surface area contributed by atoms with Crippen LogP contribution in [-0.4, -0.2) is 36.8 Å². The van der Waals surface area contributed by atoms with E-state index in [1.807, 2.05) is 4.90 Å². The van der Waals surface area contributed by atoms with Crippen molar-refractivity contribution in [3.05, 3.63) is 0 Å². The molecule has 0 radical (unpaired) electrons. The maximum atomic E-state index is 12.3. The Balaban J connectivity index is 2.28. The molecule has 0 unspecified atom stereocenters. The Bertz CT molecular complexity index is 161. The summed E-state index contributed by atoms with van der Waals surface area (Å²) in [5.41, 5.74) is 0. The average Bonchev–Trinajstić information content (AvgIpc) is 2.18. The minimum atomic E-state index is -2.24. The zero-order valence-electron chi connectivity index (χ0n) is 9.10. The van der Waals surface area contributed by atoms with E-state index in [4.69, 9.17) is 11.6 Å². The third-order valence-electron chi connectivity index (χ3n) is 3.04. The zero-order chi connectivity index (χ0) is 11.1. The van der Waals surface area contributed by atoms with Crippen LogP contribution in [0.1, 0.15) is 32.1 Å². The first kappa shape index (κ1) is 13.2. The van der Waals surface area contributed by atoms with E-state index in [1.165, 1.54) is 32.1 Å². The summed E-state index contributed by atoms with van der Waals surface area (Å²) in [7, 11) is 0. The van der Waals surface area contributed by atoms with Gasteiger partial charge in [0.05, 0.1) is 6.54 Å². The molecule has 0 amide bonds. The number of hydrogen-bond donors (Lipinski definition) is 0. The summed E-state index contributed by atoms with van der Waals surface area (Å²) in [5, 5.41) is 0. The molecule has 0 aliphatic heterocycles. The summed E-state index contributed by atoms with van der Waals surface area (Å²) in [6.07, 6.45) is 3.98. The standard InChI is InChI=1S/C11H20ClF2N/c12-6-7-15(9-11(13)14)8-10-4-2-1-3-5-10/h10-11H,1-9H2. The van der Waals surface area contributed by atoms with Crippen LogP contribution in [0.4, 0.5) is 8.78 Å². The van der Waals surface area contributed by atoms with Crippen LogP contribution in [0, 0.1) is 5.92 Å². The second-order valence-corrected chi connectivity index (χ2v) is 4.72. The quantitative estimate of drug-likeness (QED) is 0.643. The number of nitrogens with zero attached hydrogens (tertiary/aromatic N) is 1. The predicted octanol–water partition coefficient (Wildman–Crippen LogP) is 3.37. The van der Waals surface area contributed by atoms with E-state index in [0.29, 0.717) is 18.3 Å². The molecule has 0 bridgehead atoms. The molecule has 1 saturated carbocycles. The Labute approximate surface area is 95.8 Å². The fourth-order valence-electron chi connectivity index (χ4n) is 2.31. The molecule has 1 aliphatic carbocycles. The molecule has 4 heteroatoms. The van der Waals surface area contributed by atoms with Gasteiger partial charge in [-0.15, -0.1) is 11.6 Å². The van der Waals surface area contributed by atoms with E-state index < -0.39 is 6.43 Å². The van der Waals surface area contributed by atoms with E-state index in [9.17, 15) is 8.78 Å². The largest absolute Gasteiger partial charge is 0.296 e. The molecular formula is C11H20ClF2N. The van der Waals surface area contributed by atoms with E-state index >= 15 is 0 Å². The van der Waals surface area contributed by atoms with Gasteiger partial charge in [-0.1, -0.05) is 19.3 Å². The second kappa shape index (κ2) is 7.39. The van der Waals surface area contributed by atoms with Gasteiger partial charge in [0.15, 0.2) is 0 Å². The minimum Gasteiger partial charge on any atom is -0.296 e. The van der Waals surface area contributed by atoms with Crippen molar-refractivity contribution in [2.24, 2.45) is 5.92 Å². The second-order valence-electron chi connectivity index (χ2n) is 4.34. The van der Waals surface area contributed by atoms with Crippen LogP contribution in [0.25, 0.3) is 0 Å². The molecule has 0 N–H and O–H groups in total. The molecule has 0 aromatic carbocycles. The van der Waals surface area contributed by atoms with Crippen molar-refractivity contribution in [1.82, 2.24) is 4.90 Å². The highest BCUT2D eigenvalue weighted by Crippen LogP contribution is 2.24. The van der Waals surface area contributed by atoms with Gasteiger partial charge in [-0.3, -0.25) is 4.90 Å². The van der Waals surface area contributed by atoms with Crippen molar-refractivity contribution in [3.8, 4) is 0 Å². The van der Waals surface area contributed by atoms with Crippen molar-refractivity contribution in [2.45, 2.75) is 38.5 Å². The number of hydrogen-bond acceptors (Lipinski definition) is 1. The lowest BCUT2D eigenvalue weighted by molar-refractivity contribution is 0.0791. The van der Waals surface area contributed by atoms with Crippen LogP contribution in [0.15, 0.2) is 0 Å². The number of halogens is 3. The first-order chi connectivity index (χ1) is 7.22. The molecule has 0 spiro atoms. The lowest BCUT2D eigenvalue weighted by Crippen LogP contribution is -2.35. The maximum absolute atomic E-state index is 12.3. The van der Waals surface area contributed by atoms with Gasteiger partial charge < -0.3 is 0 Å². The van der Waals surface area contributed by atoms with E-state index in [2.05, 4.69) is 0 Å². The van der Waals surface area contributed by atoms with Gasteiger partial charge >= 0.3 is 0 Å². The molecule has 0 heterocycles. The highest BCUT2D eigenvalue weighted by molar-refractivity contribution is 6.18. The van der Waals surface area contributed by atoms with Crippen LogP contribution in [0.5, 0.6) is 0 Å². The van der Waals surface area contributed by atoms with Crippen molar-refractivity contribution >= 4 is 11.6 Å². The molecule has 1 aliphatic rings. The normalized spacial score (nSPS) is 19.0. The van der Waals surface area contributed by atoms with Crippen LogP contribution in [-0.2, 0) is 0 Å². The van der Waals surface area contributed by atoms with Gasteiger partial charge in [0.25, 0.3) is 6.43 Å². The van der Waals surface area contributed by atoms with Crippen LogP contribution in [0.2, 0.25) is 0 Å². The predicted molar refractivity (Wildman–Crippen MR) is 59.7 cm³/mol. The van der Waals surface area contributed by atoms with Crippen molar-refractivity contribution in [3.63, 3.8) is 0 Å². The molecule has 1 rings (SSSR count). The van der Waals surface area contributed by atoms with Gasteiger partial charge in [0.2, 0.25) is 0 Å². The SMILES string of the molecule is FC(F)CN(CCCl)CC1CCCCC1. The molecule has 15 heavy (non-hydrogen) atoms. The Morgan fingerprint density at radius 3 is 2.40 bits per heavy atom. The molecular weight excluding hydrogens is 220 g/mol. The third-order valence-corrected chi connectivity index (χ3v) is 3.21. The molecule has 0 aromatic heterocycles. The van der Waals surface area contributed by atoms with Crippen molar-refractivity contribution in [2.75, 3.05) is 25.5 Å². The molecule has 1 nitrogen and oxygen atoms in total. The molecule has 1 fully saturated rings. The first-order valence-electron chi connectivity index (χ1n) is 5.79. The Hall–Kier alpha value is 0.110. The van der Waals surface area contributed by atoms with Crippen LogP contribution < -0.4 is 0 Å². The van der Waals surface area contributed by atoms with Gasteiger partial charge in [-0.05, 0) is 18.8 Å². The smallest absolute Gasteiger partial charge is 0.251 e. The molecule has 0 atom stereocenters. The summed E-state index contributed by atoms with van der Waals surface area (Å²) in [5.74, 6) is 1.06. The van der Waals surface area contributed by atoms with Crippen LogP contribution >= 0.6 is 11.6 Å². The highest BCUT2D eigenvalue weighted by atomic mass is 35.5. The minimum absolute atomic E-state index is 0.122. The average molecular weight is 240 g/mol. The molecule has 0 aromatic rings. The number of alkyl halides is 3. The van der Waals surface area contributed by atoms with Crippen LogP contribution in [0.3, 0.4) is 0 Å².